The molecule has 1 aromatic carbocycles. The monoisotopic (exact) mass is 394 g/mol. The molecule has 1 aromatic heterocycles. The normalized spacial score (nSPS) is 11.2. The van der Waals surface area contributed by atoms with E-state index in [1.165, 1.54) is 30.1 Å². The molecule has 140 valence electrons. The van der Waals surface area contributed by atoms with Crippen LogP contribution in [0.25, 0.3) is 0 Å². The molecular weight excluding hydrogens is 372 g/mol. The van der Waals surface area contributed by atoms with Crippen LogP contribution >= 0.6 is 11.8 Å². The van der Waals surface area contributed by atoms with Crippen LogP contribution in [0.5, 0.6) is 0 Å². The van der Waals surface area contributed by atoms with E-state index >= 15 is 0 Å². The predicted molar refractivity (Wildman–Crippen MR) is 106 cm³/mol. The molecule has 0 aliphatic carbocycles. The second-order valence-electron chi connectivity index (χ2n) is 5.27. The largest absolute Gasteiger partial charge is 0.370 e. The minimum atomic E-state index is -3.70. The molecule has 0 radical (unpaired) electrons. The number of nitrogens with two attached hydrogens (primary N) is 1. The molecule has 0 saturated heterocycles. The van der Waals surface area contributed by atoms with Gasteiger partial charge in [0.15, 0.2) is 5.16 Å². The summed E-state index contributed by atoms with van der Waals surface area (Å²) < 4.78 is 22.6. The van der Waals surface area contributed by atoms with E-state index in [0.717, 1.165) is 11.3 Å². The standard InChI is InChI=1S/C16H22N6O2S2/c1-3-19-14-13(9-17)15(22-16(21-14)25-4-2)20-10-11-5-7-12(8-6-11)26(18,23)24/h5-9,17H,3-4,10H2,1-2H3,(H2,18,23,24)(H2,19,20,21,22). The third kappa shape index (κ3) is 5.16. The van der Waals surface area contributed by atoms with Crippen LogP contribution in [0.15, 0.2) is 34.3 Å². The Morgan fingerprint density at radius 3 is 2.27 bits per heavy atom. The molecule has 0 atom stereocenters. The van der Waals surface area contributed by atoms with Crippen molar-refractivity contribution in [1.29, 1.82) is 5.41 Å². The van der Waals surface area contributed by atoms with Gasteiger partial charge in [-0.1, -0.05) is 30.8 Å². The summed E-state index contributed by atoms with van der Waals surface area (Å²) in [5, 5.41) is 19.8. The van der Waals surface area contributed by atoms with Crippen molar-refractivity contribution >= 4 is 39.6 Å². The van der Waals surface area contributed by atoms with Gasteiger partial charge in [-0.15, -0.1) is 0 Å². The Labute approximate surface area is 157 Å². The summed E-state index contributed by atoms with van der Waals surface area (Å²) in [5.41, 5.74) is 1.44. The molecule has 0 aliphatic heterocycles. The third-order valence-electron chi connectivity index (χ3n) is 3.40. The van der Waals surface area contributed by atoms with Crippen molar-refractivity contribution in [1.82, 2.24) is 9.97 Å². The van der Waals surface area contributed by atoms with Crippen LogP contribution in [0, 0.1) is 5.41 Å². The summed E-state index contributed by atoms with van der Waals surface area (Å²) >= 11 is 1.52. The maximum Gasteiger partial charge on any atom is 0.238 e. The highest BCUT2D eigenvalue weighted by Gasteiger charge is 2.13. The first-order valence-corrected chi connectivity index (χ1v) is 10.6. The topological polar surface area (TPSA) is 134 Å². The fraction of sp³-hybridized carbons (Fsp3) is 0.312. The molecule has 10 heteroatoms. The van der Waals surface area contributed by atoms with Gasteiger partial charge in [0.25, 0.3) is 0 Å². The van der Waals surface area contributed by atoms with Crippen molar-refractivity contribution in [2.75, 3.05) is 22.9 Å². The van der Waals surface area contributed by atoms with Gasteiger partial charge in [0, 0.05) is 19.3 Å². The smallest absolute Gasteiger partial charge is 0.238 e. The first-order valence-electron chi connectivity index (χ1n) is 8.03. The zero-order valence-electron chi connectivity index (χ0n) is 14.6. The lowest BCUT2D eigenvalue weighted by molar-refractivity contribution is 0.598. The van der Waals surface area contributed by atoms with Gasteiger partial charge < -0.3 is 16.0 Å². The molecule has 0 spiro atoms. The number of hydrogen-bond donors (Lipinski definition) is 4. The fourth-order valence-corrected chi connectivity index (χ4v) is 3.28. The average Bonchev–Trinajstić information content (AvgIpc) is 2.60. The minimum absolute atomic E-state index is 0.0690. The van der Waals surface area contributed by atoms with Crippen molar-refractivity contribution in [3.8, 4) is 0 Å². The zero-order chi connectivity index (χ0) is 19.2. The molecule has 0 amide bonds. The summed E-state index contributed by atoms with van der Waals surface area (Å²) in [6.45, 7) is 5.08. The summed E-state index contributed by atoms with van der Waals surface area (Å²) in [5.74, 6) is 2.00. The molecule has 0 fully saturated rings. The van der Waals surface area contributed by atoms with Crippen molar-refractivity contribution in [3.05, 3.63) is 35.4 Å². The maximum atomic E-state index is 11.3. The third-order valence-corrected chi connectivity index (χ3v) is 5.06. The van der Waals surface area contributed by atoms with Gasteiger partial charge in [-0.05, 0) is 30.4 Å². The van der Waals surface area contributed by atoms with E-state index < -0.39 is 10.0 Å². The molecular formula is C16H22N6O2S2. The summed E-state index contributed by atoms with van der Waals surface area (Å²) in [6, 6.07) is 6.30. The summed E-state index contributed by atoms with van der Waals surface area (Å²) in [6.07, 6.45) is 1.21. The van der Waals surface area contributed by atoms with E-state index in [1.807, 2.05) is 13.8 Å². The van der Waals surface area contributed by atoms with Crippen LogP contribution in [-0.4, -0.2) is 36.9 Å². The number of nitrogens with one attached hydrogen (secondary N) is 3. The second kappa shape index (κ2) is 8.97. The molecule has 0 unspecified atom stereocenters. The molecule has 0 bridgehead atoms. The Hall–Kier alpha value is -2.17. The number of benzene rings is 1. The maximum absolute atomic E-state index is 11.3. The van der Waals surface area contributed by atoms with E-state index in [9.17, 15) is 8.42 Å². The first kappa shape index (κ1) is 20.1. The van der Waals surface area contributed by atoms with Gasteiger partial charge >= 0.3 is 0 Å². The molecule has 0 aliphatic rings. The van der Waals surface area contributed by atoms with E-state index in [1.54, 1.807) is 12.1 Å². The average molecular weight is 395 g/mol. The van der Waals surface area contributed by atoms with Gasteiger partial charge in [-0.2, -0.15) is 0 Å². The number of hydrogen-bond acceptors (Lipinski definition) is 8. The van der Waals surface area contributed by atoms with Crippen LogP contribution in [-0.2, 0) is 16.6 Å². The lowest BCUT2D eigenvalue weighted by atomic mass is 10.2. The number of nitrogens with zero attached hydrogens (tertiary/aromatic N) is 2. The van der Waals surface area contributed by atoms with Gasteiger partial charge in [0.2, 0.25) is 10.0 Å². The first-order chi connectivity index (χ1) is 12.4. The number of rotatable bonds is 9. The van der Waals surface area contributed by atoms with E-state index in [-0.39, 0.29) is 4.90 Å². The highest BCUT2D eigenvalue weighted by Crippen LogP contribution is 2.24. The molecule has 2 rings (SSSR count). The van der Waals surface area contributed by atoms with E-state index in [0.29, 0.717) is 35.4 Å². The lowest BCUT2D eigenvalue weighted by Gasteiger charge is -2.14. The van der Waals surface area contributed by atoms with Crippen molar-refractivity contribution in [3.63, 3.8) is 0 Å². The fourth-order valence-electron chi connectivity index (χ4n) is 2.20. The number of anilines is 2. The molecule has 1 heterocycles. The number of thioether (sulfide) groups is 1. The van der Waals surface area contributed by atoms with Crippen LogP contribution in [0.4, 0.5) is 11.6 Å². The SMILES string of the molecule is CCNc1nc(SCC)nc(NCc2ccc(S(N)(=O)=O)cc2)c1C=N. The highest BCUT2D eigenvalue weighted by molar-refractivity contribution is 7.99. The molecule has 2 aromatic rings. The van der Waals surface area contributed by atoms with Crippen molar-refractivity contribution < 1.29 is 8.42 Å². The van der Waals surface area contributed by atoms with Gasteiger partial charge in [0.05, 0.1) is 10.5 Å². The molecule has 5 N–H and O–H groups in total. The predicted octanol–water partition coefficient (Wildman–Crippen LogP) is 2.28. The Morgan fingerprint density at radius 2 is 1.77 bits per heavy atom. The number of primary sulfonamides is 1. The van der Waals surface area contributed by atoms with Gasteiger partial charge in [-0.25, -0.2) is 23.5 Å². The van der Waals surface area contributed by atoms with E-state index in [4.69, 9.17) is 10.5 Å². The summed E-state index contributed by atoms with van der Waals surface area (Å²) in [4.78, 5) is 9.00. The van der Waals surface area contributed by atoms with E-state index in [2.05, 4.69) is 20.6 Å². The van der Waals surface area contributed by atoms with Crippen LogP contribution in [0.3, 0.4) is 0 Å². The van der Waals surface area contributed by atoms with Crippen LogP contribution in [0.1, 0.15) is 25.0 Å². The zero-order valence-corrected chi connectivity index (χ0v) is 16.2. The van der Waals surface area contributed by atoms with Crippen LogP contribution < -0.4 is 15.8 Å². The van der Waals surface area contributed by atoms with Crippen molar-refractivity contribution in [2.24, 2.45) is 5.14 Å². The van der Waals surface area contributed by atoms with Crippen LogP contribution in [0.2, 0.25) is 0 Å². The Morgan fingerprint density at radius 1 is 1.15 bits per heavy atom. The Bertz CT molecular complexity index is 869. The molecule has 8 nitrogen and oxygen atoms in total. The highest BCUT2D eigenvalue weighted by atomic mass is 32.2. The second-order valence-corrected chi connectivity index (χ2v) is 8.06. The Kier molecular flexibility index (Phi) is 6.95. The molecule has 0 saturated carbocycles. The van der Waals surface area contributed by atoms with Crippen molar-refractivity contribution in [2.45, 2.75) is 30.4 Å². The van der Waals surface area contributed by atoms with Gasteiger partial charge in [0.1, 0.15) is 11.6 Å². The van der Waals surface area contributed by atoms with Gasteiger partial charge in [-0.3, -0.25) is 0 Å². The number of aromatic nitrogens is 2. The molecule has 26 heavy (non-hydrogen) atoms. The Balaban J connectivity index is 2.25. The minimum Gasteiger partial charge on any atom is -0.370 e. The number of sulfonamides is 1. The summed E-state index contributed by atoms with van der Waals surface area (Å²) in [7, 11) is -3.70. The lowest BCUT2D eigenvalue weighted by Crippen LogP contribution is -2.13. The quantitative estimate of drug-likeness (QED) is 0.291.